The average Bonchev–Trinajstić information content (AvgIpc) is 2.16. The fraction of sp³-hybridized carbons (Fsp3) is 0.875. The molecule has 4 nitrogen and oxygen atoms in total. The van der Waals surface area contributed by atoms with Crippen molar-refractivity contribution in [2.24, 2.45) is 5.73 Å². The Morgan fingerprint density at radius 1 is 1.58 bits per heavy atom. The molecule has 0 radical (unpaired) electrons. The van der Waals surface area contributed by atoms with Crippen molar-refractivity contribution >= 4 is 5.91 Å². The number of likely N-dealkylation sites (N-methyl/N-ethyl adjacent to an activating group) is 1. The van der Waals surface area contributed by atoms with Crippen molar-refractivity contribution in [2.75, 3.05) is 13.6 Å². The van der Waals surface area contributed by atoms with E-state index in [1.54, 1.807) is 0 Å². The van der Waals surface area contributed by atoms with Gasteiger partial charge in [0.15, 0.2) is 0 Å². The van der Waals surface area contributed by atoms with E-state index < -0.39 is 6.10 Å². The first kappa shape index (κ1) is 13.9. The molecule has 0 spiro atoms. The van der Waals surface area contributed by atoms with Crippen LogP contribution in [0.4, 0.5) is 0 Å². The van der Waals surface area contributed by atoms with Crippen LogP contribution in [0.15, 0.2) is 0 Å². The Labute approximate surface area is 74.1 Å². The first-order valence-corrected chi connectivity index (χ1v) is 4.32. The Kier molecular flexibility index (Phi) is 12.1. The molecule has 0 saturated heterocycles. The first-order chi connectivity index (χ1) is 5.72. The van der Waals surface area contributed by atoms with Crippen LogP contribution in [0.25, 0.3) is 0 Å². The molecule has 0 aliphatic rings. The molecule has 0 rings (SSSR count). The third-order valence-corrected chi connectivity index (χ3v) is 1.23. The van der Waals surface area contributed by atoms with Gasteiger partial charge in [0.2, 0.25) is 5.91 Å². The van der Waals surface area contributed by atoms with Gasteiger partial charge in [-0.2, -0.15) is 0 Å². The summed E-state index contributed by atoms with van der Waals surface area (Å²) in [7, 11) is 1.49. The zero-order valence-electron chi connectivity index (χ0n) is 8.13. The number of carbonyl (C=O) groups excluding carboxylic acids is 1. The summed E-state index contributed by atoms with van der Waals surface area (Å²) in [6, 6.07) is 0. The Morgan fingerprint density at radius 3 is 2.42 bits per heavy atom. The fourth-order valence-electron chi connectivity index (χ4n) is 0.609. The number of carbonyl (C=O) groups is 1. The number of aliphatic hydroxyl groups excluding tert-OH is 1. The summed E-state index contributed by atoms with van der Waals surface area (Å²) in [4.78, 5) is 10.6. The van der Waals surface area contributed by atoms with E-state index in [4.69, 9.17) is 10.8 Å². The molecule has 1 amide bonds. The van der Waals surface area contributed by atoms with Gasteiger partial charge in [-0.1, -0.05) is 13.8 Å². The van der Waals surface area contributed by atoms with E-state index in [0.717, 1.165) is 0 Å². The maximum absolute atomic E-state index is 10.6. The number of hydrogen-bond acceptors (Lipinski definition) is 3. The molecule has 0 aliphatic carbocycles. The standard InChI is InChI=1S/C6H14N2O2.C2H6/c1-8-6(10)5(9)3-2-4-7;1-2/h5,9H,2-4,7H2,1H3,(H,8,10);1-2H3. The number of amides is 1. The van der Waals surface area contributed by atoms with E-state index in [0.29, 0.717) is 19.4 Å². The van der Waals surface area contributed by atoms with Crippen molar-refractivity contribution in [1.29, 1.82) is 0 Å². The van der Waals surface area contributed by atoms with Gasteiger partial charge in [-0.3, -0.25) is 4.79 Å². The Hall–Kier alpha value is -0.610. The third-order valence-electron chi connectivity index (χ3n) is 1.23. The molecule has 0 heterocycles. The topological polar surface area (TPSA) is 75.3 Å². The van der Waals surface area contributed by atoms with E-state index in [-0.39, 0.29) is 5.91 Å². The summed E-state index contributed by atoms with van der Waals surface area (Å²) in [6.07, 6.45) is 0.221. The zero-order chi connectivity index (χ0) is 9.98. The molecular formula is C8H20N2O2. The molecule has 1 atom stereocenters. The molecule has 0 bridgehead atoms. The molecule has 0 saturated carbocycles. The van der Waals surface area contributed by atoms with Gasteiger partial charge in [-0.15, -0.1) is 0 Å². The van der Waals surface area contributed by atoms with Crippen LogP contribution in [0.5, 0.6) is 0 Å². The second kappa shape index (κ2) is 10.4. The summed E-state index contributed by atoms with van der Waals surface area (Å²) in [5.41, 5.74) is 5.18. The number of hydrogen-bond donors (Lipinski definition) is 3. The molecule has 0 aliphatic heterocycles. The number of nitrogens with one attached hydrogen (secondary N) is 1. The molecular weight excluding hydrogens is 156 g/mol. The lowest BCUT2D eigenvalue weighted by molar-refractivity contribution is -0.129. The van der Waals surface area contributed by atoms with Crippen molar-refractivity contribution in [3.8, 4) is 0 Å². The highest BCUT2D eigenvalue weighted by molar-refractivity contribution is 5.79. The van der Waals surface area contributed by atoms with Gasteiger partial charge in [-0.25, -0.2) is 0 Å². The van der Waals surface area contributed by atoms with Crippen LogP contribution in [0.3, 0.4) is 0 Å². The van der Waals surface area contributed by atoms with Crippen molar-refractivity contribution in [3.63, 3.8) is 0 Å². The summed E-state index contributed by atoms with van der Waals surface area (Å²) < 4.78 is 0. The van der Waals surface area contributed by atoms with Crippen LogP contribution < -0.4 is 11.1 Å². The van der Waals surface area contributed by atoms with Crippen LogP contribution in [0.1, 0.15) is 26.7 Å². The monoisotopic (exact) mass is 176 g/mol. The van der Waals surface area contributed by atoms with Crippen LogP contribution in [0, 0.1) is 0 Å². The molecule has 0 aromatic carbocycles. The number of aliphatic hydroxyl groups is 1. The van der Waals surface area contributed by atoms with E-state index >= 15 is 0 Å². The van der Waals surface area contributed by atoms with Crippen LogP contribution >= 0.6 is 0 Å². The van der Waals surface area contributed by atoms with E-state index in [1.807, 2.05) is 13.8 Å². The molecule has 0 aromatic heterocycles. The van der Waals surface area contributed by atoms with Gasteiger partial charge in [0, 0.05) is 7.05 Å². The van der Waals surface area contributed by atoms with Crippen molar-refractivity contribution in [3.05, 3.63) is 0 Å². The quantitative estimate of drug-likeness (QED) is 0.558. The van der Waals surface area contributed by atoms with Gasteiger partial charge in [0.05, 0.1) is 0 Å². The lowest BCUT2D eigenvalue weighted by atomic mass is 10.2. The highest BCUT2D eigenvalue weighted by atomic mass is 16.3. The van der Waals surface area contributed by atoms with Gasteiger partial charge >= 0.3 is 0 Å². The molecule has 74 valence electrons. The maximum Gasteiger partial charge on any atom is 0.248 e. The Bertz CT molecular complexity index is 107. The van der Waals surface area contributed by atoms with E-state index in [9.17, 15) is 4.79 Å². The fourth-order valence-corrected chi connectivity index (χ4v) is 0.609. The predicted octanol–water partition coefficient (Wildman–Crippen LogP) is -0.142. The van der Waals surface area contributed by atoms with Gasteiger partial charge < -0.3 is 16.2 Å². The van der Waals surface area contributed by atoms with Crippen LogP contribution in [-0.2, 0) is 4.79 Å². The molecule has 1 unspecified atom stereocenters. The highest BCUT2D eigenvalue weighted by Gasteiger charge is 2.10. The minimum atomic E-state index is -0.895. The molecule has 0 fully saturated rings. The Balaban J connectivity index is 0. The average molecular weight is 176 g/mol. The normalized spacial score (nSPS) is 11.1. The number of nitrogens with two attached hydrogens (primary N) is 1. The van der Waals surface area contributed by atoms with Crippen molar-refractivity contribution < 1.29 is 9.90 Å². The van der Waals surface area contributed by atoms with Crippen molar-refractivity contribution in [2.45, 2.75) is 32.8 Å². The van der Waals surface area contributed by atoms with Gasteiger partial charge in [0.25, 0.3) is 0 Å². The highest BCUT2D eigenvalue weighted by Crippen LogP contribution is 1.94. The van der Waals surface area contributed by atoms with Crippen LogP contribution in [-0.4, -0.2) is 30.7 Å². The lowest BCUT2D eigenvalue weighted by Crippen LogP contribution is -2.31. The SMILES string of the molecule is CC.CNC(=O)C(O)CCCN. The Morgan fingerprint density at radius 2 is 2.08 bits per heavy atom. The maximum atomic E-state index is 10.6. The second-order valence-electron chi connectivity index (χ2n) is 2.06. The van der Waals surface area contributed by atoms with Gasteiger partial charge in [-0.05, 0) is 19.4 Å². The summed E-state index contributed by atoms with van der Waals surface area (Å²) >= 11 is 0. The third kappa shape index (κ3) is 7.50. The minimum Gasteiger partial charge on any atom is -0.383 e. The van der Waals surface area contributed by atoms with Gasteiger partial charge in [0.1, 0.15) is 6.10 Å². The molecule has 4 heteroatoms. The van der Waals surface area contributed by atoms with E-state index in [1.165, 1.54) is 7.05 Å². The second-order valence-corrected chi connectivity index (χ2v) is 2.06. The molecule has 4 N–H and O–H groups in total. The number of rotatable bonds is 4. The molecule has 0 aromatic rings. The van der Waals surface area contributed by atoms with Crippen LogP contribution in [0.2, 0.25) is 0 Å². The van der Waals surface area contributed by atoms with Crippen molar-refractivity contribution in [1.82, 2.24) is 5.32 Å². The smallest absolute Gasteiger partial charge is 0.248 e. The summed E-state index contributed by atoms with van der Waals surface area (Å²) in [5.74, 6) is -0.339. The predicted molar refractivity (Wildman–Crippen MR) is 49.7 cm³/mol. The first-order valence-electron chi connectivity index (χ1n) is 4.32. The van der Waals surface area contributed by atoms with E-state index in [2.05, 4.69) is 5.32 Å². The minimum absolute atomic E-state index is 0.339. The zero-order valence-corrected chi connectivity index (χ0v) is 8.13. The largest absolute Gasteiger partial charge is 0.383 e. The molecule has 12 heavy (non-hydrogen) atoms. The summed E-state index contributed by atoms with van der Waals surface area (Å²) in [5, 5.41) is 11.3. The lowest BCUT2D eigenvalue weighted by Gasteiger charge is -2.06. The summed E-state index contributed by atoms with van der Waals surface area (Å²) in [6.45, 7) is 4.51.